The number of hydrogen-bond donors (Lipinski definition) is 1. The lowest BCUT2D eigenvalue weighted by Crippen LogP contribution is -2.28. The molecular weight excluding hydrogens is 266 g/mol. The Bertz CT molecular complexity index is 633. The monoisotopic (exact) mass is 287 g/mol. The number of nitrogens with zero attached hydrogens (tertiary/aromatic N) is 1. The van der Waals surface area contributed by atoms with E-state index in [0.29, 0.717) is 6.42 Å². The zero-order chi connectivity index (χ0) is 15.6. The molecule has 2 aromatic rings. The number of phenols is 1. The Hall–Kier alpha value is -2.23. The van der Waals surface area contributed by atoms with Crippen molar-refractivity contribution in [3.05, 3.63) is 53.3 Å². The molecule has 112 valence electrons. The molecule has 1 aromatic heterocycles. The van der Waals surface area contributed by atoms with Gasteiger partial charge in [-0.1, -0.05) is 12.1 Å². The SMILES string of the molecule is Cc1ccc(Cc2ccc(O)cc2)n1C(=O)OC(C)(C)C. The molecule has 0 aliphatic heterocycles. The van der Waals surface area contributed by atoms with E-state index < -0.39 is 5.60 Å². The average molecular weight is 287 g/mol. The van der Waals surface area contributed by atoms with E-state index in [0.717, 1.165) is 17.0 Å². The maximum absolute atomic E-state index is 12.3. The summed E-state index contributed by atoms with van der Waals surface area (Å²) < 4.78 is 7.04. The minimum absolute atomic E-state index is 0.234. The van der Waals surface area contributed by atoms with Crippen molar-refractivity contribution in [3.63, 3.8) is 0 Å². The lowest BCUT2D eigenvalue weighted by Gasteiger charge is -2.21. The first-order valence-electron chi connectivity index (χ1n) is 6.95. The van der Waals surface area contributed by atoms with Gasteiger partial charge in [-0.2, -0.15) is 0 Å². The van der Waals surface area contributed by atoms with Gasteiger partial charge in [-0.15, -0.1) is 0 Å². The highest BCUT2D eigenvalue weighted by molar-refractivity contribution is 5.73. The Morgan fingerprint density at radius 3 is 2.33 bits per heavy atom. The highest BCUT2D eigenvalue weighted by Crippen LogP contribution is 2.18. The molecule has 0 aliphatic rings. The first-order chi connectivity index (χ1) is 9.76. The van der Waals surface area contributed by atoms with Gasteiger partial charge in [0.25, 0.3) is 0 Å². The highest BCUT2D eigenvalue weighted by atomic mass is 16.6. The number of carbonyl (C=O) groups is 1. The van der Waals surface area contributed by atoms with Crippen molar-refractivity contribution in [1.29, 1.82) is 0 Å². The van der Waals surface area contributed by atoms with Gasteiger partial charge in [0.2, 0.25) is 0 Å². The van der Waals surface area contributed by atoms with Gasteiger partial charge in [0.05, 0.1) is 0 Å². The topological polar surface area (TPSA) is 51.5 Å². The molecule has 2 rings (SSSR count). The second kappa shape index (κ2) is 5.64. The Labute approximate surface area is 125 Å². The van der Waals surface area contributed by atoms with E-state index in [1.54, 1.807) is 16.7 Å². The fourth-order valence-corrected chi connectivity index (χ4v) is 2.12. The minimum atomic E-state index is -0.524. The lowest BCUT2D eigenvalue weighted by molar-refractivity contribution is 0.0530. The largest absolute Gasteiger partial charge is 0.508 e. The van der Waals surface area contributed by atoms with Crippen molar-refractivity contribution in [2.45, 2.75) is 39.7 Å². The number of phenolic OH excluding ortho intramolecular Hbond substituents is 1. The zero-order valence-corrected chi connectivity index (χ0v) is 12.9. The molecule has 0 bridgehead atoms. The van der Waals surface area contributed by atoms with Gasteiger partial charge in [-0.3, -0.25) is 4.57 Å². The summed E-state index contributed by atoms with van der Waals surface area (Å²) >= 11 is 0. The van der Waals surface area contributed by atoms with Gasteiger partial charge in [-0.25, -0.2) is 4.79 Å². The molecule has 0 spiro atoms. The summed E-state index contributed by atoms with van der Waals surface area (Å²) in [6.45, 7) is 7.43. The zero-order valence-electron chi connectivity index (χ0n) is 12.9. The van der Waals surface area contributed by atoms with E-state index in [1.165, 1.54) is 0 Å². The standard InChI is InChI=1S/C17H21NO3/c1-12-5-8-14(11-13-6-9-15(19)10-7-13)18(12)16(20)21-17(2,3)4/h5-10,19H,11H2,1-4H3. The van der Waals surface area contributed by atoms with E-state index in [1.807, 2.05) is 52.0 Å². The van der Waals surface area contributed by atoms with Gasteiger partial charge in [0.15, 0.2) is 0 Å². The molecule has 1 N–H and O–H groups in total. The van der Waals surface area contributed by atoms with Crippen LogP contribution in [0.4, 0.5) is 4.79 Å². The number of aromatic nitrogens is 1. The molecule has 0 aliphatic carbocycles. The molecule has 4 nitrogen and oxygen atoms in total. The van der Waals surface area contributed by atoms with Gasteiger partial charge < -0.3 is 9.84 Å². The van der Waals surface area contributed by atoms with E-state index in [2.05, 4.69) is 0 Å². The number of rotatable bonds is 2. The quantitative estimate of drug-likeness (QED) is 0.912. The molecule has 0 atom stereocenters. The highest BCUT2D eigenvalue weighted by Gasteiger charge is 2.21. The predicted molar refractivity (Wildman–Crippen MR) is 81.7 cm³/mol. The predicted octanol–water partition coefficient (Wildman–Crippen LogP) is 3.88. The molecule has 0 radical (unpaired) electrons. The molecule has 0 unspecified atom stereocenters. The fourth-order valence-electron chi connectivity index (χ4n) is 2.12. The van der Waals surface area contributed by atoms with Gasteiger partial charge in [-0.05, 0) is 57.5 Å². The van der Waals surface area contributed by atoms with Crippen LogP contribution in [-0.4, -0.2) is 21.4 Å². The molecule has 0 amide bonds. The Morgan fingerprint density at radius 2 is 1.76 bits per heavy atom. The van der Waals surface area contributed by atoms with Crippen LogP contribution in [0.5, 0.6) is 5.75 Å². The van der Waals surface area contributed by atoms with Crippen molar-refractivity contribution >= 4 is 6.09 Å². The van der Waals surface area contributed by atoms with Crippen molar-refractivity contribution in [3.8, 4) is 5.75 Å². The Balaban J connectivity index is 2.25. The van der Waals surface area contributed by atoms with Crippen LogP contribution in [0.3, 0.4) is 0 Å². The lowest BCUT2D eigenvalue weighted by atomic mass is 10.1. The van der Waals surface area contributed by atoms with Crippen molar-refractivity contribution in [1.82, 2.24) is 4.57 Å². The Morgan fingerprint density at radius 1 is 1.14 bits per heavy atom. The normalized spacial score (nSPS) is 11.4. The average Bonchev–Trinajstić information content (AvgIpc) is 2.71. The maximum atomic E-state index is 12.3. The van der Waals surface area contributed by atoms with Crippen LogP contribution in [0.2, 0.25) is 0 Å². The molecule has 0 saturated heterocycles. The third kappa shape index (κ3) is 3.88. The molecule has 0 fully saturated rings. The van der Waals surface area contributed by atoms with E-state index in [4.69, 9.17) is 4.74 Å². The number of carbonyl (C=O) groups excluding carboxylic acids is 1. The number of hydrogen-bond acceptors (Lipinski definition) is 3. The smallest absolute Gasteiger partial charge is 0.418 e. The van der Waals surface area contributed by atoms with Crippen molar-refractivity contribution in [2.24, 2.45) is 0 Å². The molecule has 4 heteroatoms. The van der Waals surface area contributed by atoms with E-state index >= 15 is 0 Å². The third-order valence-electron chi connectivity index (χ3n) is 3.05. The van der Waals surface area contributed by atoms with E-state index in [-0.39, 0.29) is 11.8 Å². The van der Waals surface area contributed by atoms with Gasteiger partial charge in [0.1, 0.15) is 11.4 Å². The minimum Gasteiger partial charge on any atom is -0.508 e. The third-order valence-corrected chi connectivity index (χ3v) is 3.05. The van der Waals surface area contributed by atoms with Crippen LogP contribution < -0.4 is 0 Å². The molecule has 1 heterocycles. The fraction of sp³-hybridized carbons (Fsp3) is 0.353. The summed E-state index contributed by atoms with van der Waals surface area (Å²) in [6.07, 6.45) is 0.242. The second-order valence-corrected chi connectivity index (χ2v) is 6.13. The first kappa shape index (κ1) is 15.2. The number of aryl methyl sites for hydroxylation is 1. The van der Waals surface area contributed by atoms with Crippen LogP contribution in [-0.2, 0) is 11.2 Å². The van der Waals surface area contributed by atoms with E-state index in [9.17, 15) is 9.90 Å². The summed E-state index contributed by atoms with van der Waals surface area (Å²) in [4.78, 5) is 12.3. The van der Waals surface area contributed by atoms with Gasteiger partial charge in [0, 0.05) is 17.8 Å². The van der Waals surface area contributed by atoms with Crippen molar-refractivity contribution in [2.75, 3.05) is 0 Å². The molecule has 1 aromatic carbocycles. The number of aromatic hydroxyl groups is 1. The molecular formula is C17H21NO3. The summed E-state index contributed by atoms with van der Waals surface area (Å²) in [6, 6.07) is 10.8. The summed E-state index contributed by atoms with van der Waals surface area (Å²) in [5, 5.41) is 9.32. The van der Waals surface area contributed by atoms with Gasteiger partial charge >= 0.3 is 6.09 Å². The summed E-state index contributed by atoms with van der Waals surface area (Å²) in [5.74, 6) is 0.234. The number of ether oxygens (including phenoxy) is 1. The van der Waals surface area contributed by atoms with Crippen LogP contribution in [0.15, 0.2) is 36.4 Å². The first-order valence-corrected chi connectivity index (χ1v) is 6.95. The molecule has 0 saturated carbocycles. The maximum Gasteiger partial charge on any atom is 0.418 e. The number of benzene rings is 1. The van der Waals surface area contributed by atoms with Crippen LogP contribution in [0.1, 0.15) is 37.7 Å². The summed E-state index contributed by atoms with van der Waals surface area (Å²) in [7, 11) is 0. The van der Waals surface area contributed by atoms with Crippen LogP contribution in [0.25, 0.3) is 0 Å². The van der Waals surface area contributed by atoms with Crippen LogP contribution in [0, 0.1) is 6.92 Å². The molecule has 21 heavy (non-hydrogen) atoms. The summed E-state index contributed by atoms with van der Waals surface area (Å²) in [5.41, 5.74) is 2.21. The Kier molecular flexibility index (Phi) is 4.07. The second-order valence-electron chi connectivity index (χ2n) is 6.13. The van der Waals surface area contributed by atoms with Crippen molar-refractivity contribution < 1.29 is 14.6 Å². The van der Waals surface area contributed by atoms with Crippen LogP contribution >= 0.6 is 0 Å².